The quantitative estimate of drug-likeness (QED) is 0.0200. The molecule has 0 aliphatic carbocycles. The van der Waals surface area contributed by atoms with Gasteiger partial charge in [0.25, 0.3) is 0 Å². The number of carboxylic acids is 1. The number of phosphoric ester groups is 1. The Balaban J connectivity index is 3.86. The molecule has 0 spiro atoms. The maximum absolute atomic E-state index is 12.3. The number of carboxylic acid groups (broad SMARTS) is 1. The molecule has 0 aromatic heterocycles. The van der Waals surface area contributed by atoms with E-state index in [1.165, 1.54) is 116 Å². The summed E-state index contributed by atoms with van der Waals surface area (Å²) >= 11 is 0. The molecule has 0 aromatic carbocycles. The number of allylic oxidation sites excluding steroid dienone is 4. The highest BCUT2D eigenvalue weighted by atomic mass is 31.2. The molecule has 3 atom stereocenters. The number of ether oxygens (including phenoxy) is 1. The minimum atomic E-state index is -4.76. The summed E-state index contributed by atoms with van der Waals surface area (Å²) in [6.07, 6.45) is 43.4. The van der Waals surface area contributed by atoms with Gasteiger partial charge in [-0.3, -0.25) is 18.6 Å². The first kappa shape index (κ1) is 56.0. The van der Waals surface area contributed by atoms with Crippen LogP contribution in [0.5, 0.6) is 0 Å². The molecule has 3 unspecified atom stereocenters. The zero-order valence-corrected chi connectivity index (χ0v) is 37.8. The van der Waals surface area contributed by atoms with Crippen LogP contribution in [0.4, 0.5) is 0 Å². The minimum absolute atomic E-state index is 0.149. The summed E-state index contributed by atoms with van der Waals surface area (Å²) in [5.41, 5.74) is 0. The molecule has 340 valence electrons. The highest BCUT2D eigenvalue weighted by molar-refractivity contribution is 7.47. The Morgan fingerprint density at radius 2 is 0.966 bits per heavy atom. The van der Waals surface area contributed by atoms with Crippen LogP contribution in [0.2, 0.25) is 0 Å². The number of unbranched alkanes of at least 4 members (excludes halogenated alkanes) is 26. The smallest absolute Gasteiger partial charge is 0.472 e. The number of esters is 1. The number of carbonyl (C=O) groups is 3. The lowest BCUT2D eigenvalue weighted by Crippen LogP contribution is -2.43. The van der Waals surface area contributed by atoms with Gasteiger partial charge in [0.2, 0.25) is 5.91 Å². The van der Waals surface area contributed by atoms with Gasteiger partial charge in [0.1, 0.15) is 12.7 Å². The van der Waals surface area contributed by atoms with Crippen molar-refractivity contribution in [3.05, 3.63) is 24.3 Å². The Hall–Kier alpha value is -2.04. The van der Waals surface area contributed by atoms with E-state index in [0.717, 1.165) is 64.2 Å². The Kier molecular flexibility index (Phi) is 40.2. The summed E-state index contributed by atoms with van der Waals surface area (Å²) in [7, 11) is -4.76. The number of aliphatic hydroxyl groups is 1. The van der Waals surface area contributed by atoms with Crippen molar-refractivity contribution < 1.29 is 47.8 Å². The maximum atomic E-state index is 12.3. The van der Waals surface area contributed by atoms with Gasteiger partial charge in [0.15, 0.2) is 6.04 Å². The van der Waals surface area contributed by atoms with Crippen LogP contribution in [0.1, 0.15) is 219 Å². The number of nitrogens with one attached hydrogen (secondary N) is 1. The van der Waals surface area contributed by atoms with Crippen molar-refractivity contribution in [1.82, 2.24) is 5.32 Å². The first-order valence-electron chi connectivity index (χ1n) is 23.4. The lowest BCUT2D eigenvalue weighted by atomic mass is 10.0. The lowest BCUT2D eigenvalue weighted by Gasteiger charge is -2.18. The predicted octanol–water partition coefficient (Wildman–Crippen LogP) is 12.2. The normalized spacial score (nSPS) is 13.9. The third-order valence-electron chi connectivity index (χ3n) is 10.2. The molecule has 0 fully saturated rings. The van der Waals surface area contributed by atoms with Crippen molar-refractivity contribution in [2.75, 3.05) is 19.8 Å². The van der Waals surface area contributed by atoms with Gasteiger partial charge in [-0.1, -0.05) is 192 Å². The van der Waals surface area contributed by atoms with Gasteiger partial charge in [-0.25, -0.2) is 9.36 Å². The van der Waals surface area contributed by atoms with E-state index in [0.29, 0.717) is 12.8 Å². The topological polar surface area (TPSA) is 169 Å². The van der Waals surface area contributed by atoms with Gasteiger partial charge >= 0.3 is 19.8 Å². The molecule has 0 aliphatic rings. The number of carbonyl (C=O) groups excluding carboxylic acids is 2. The Morgan fingerprint density at radius 1 is 0.552 bits per heavy atom. The zero-order chi connectivity index (χ0) is 42.8. The van der Waals surface area contributed by atoms with Crippen LogP contribution >= 0.6 is 7.82 Å². The van der Waals surface area contributed by atoms with Crippen molar-refractivity contribution in [3.8, 4) is 0 Å². The van der Waals surface area contributed by atoms with E-state index < -0.39 is 57.6 Å². The zero-order valence-electron chi connectivity index (χ0n) is 36.9. The number of phosphoric acid groups is 1. The van der Waals surface area contributed by atoms with Gasteiger partial charge in [0.05, 0.1) is 13.2 Å². The summed E-state index contributed by atoms with van der Waals surface area (Å²) in [5, 5.41) is 21.9. The largest absolute Gasteiger partial charge is 0.480 e. The summed E-state index contributed by atoms with van der Waals surface area (Å²) in [5.74, 6) is -2.38. The Morgan fingerprint density at radius 3 is 1.45 bits per heavy atom. The van der Waals surface area contributed by atoms with Crippen LogP contribution in [0, 0.1) is 0 Å². The van der Waals surface area contributed by atoms with Crippen molar-refractivity contribution in [2.24, 2.45) is 0 Å². The van der Waals surface area contributed by atoms with Gasteiger partial charge in [-0.2, -0.15) is 0 Å². The maximum Gasteiger partial charge on any atom is 0.472 e. The molecule has 1 amide bonds. The van der Waals surface area contributed by atoms with E-state index in [4.69, 9.17) is 13.8 Å². The van der Waals surface area contributed by atoms with Gasteiger partial charge in [0, 0.05) is 12.8 Å². The van der Waals surface area contributed by atoms with Crippen LogP contribution in [-0.4, -0.2) is 64.9 Å². The number of amides is 1. The van der Waals surface area contributed by atoms with Gasteiger partial charge < -0.3 is 25.2 Å². The molecular formula is C46H86NO10P. The number of hydrogen-bond donors (Lipinski definition) is 4. The SMILES string of the molecule is CCCC/C=C\C/C=C\CCCCCCCC(=O)OCC(O)COP(=O)(O)OCC(NC(=O)CCCCCCCCCCCCCCCCCCCCCC)C(=O)O. The molecule has 11 nitrogen and oxygen atoms in total. The monoisotopic (exact) mass is 844 g/mol. The summed E-state index contributed by atoms with van der Waals surface area (Å²) in [6.45, 7) is 2.56. The second-order valence-electron chi connectivity index (χ2n) is 15.9. The van der Waals surface area contributed by atoms with Gasteiger partial charge in [-0.05, 0) is 38.5 Å². The fourth-order valence-corrected chi connectivity index (χ4v) is 7.34. The average molecular weight is 844 g/mol. The highest BCUT2D eigenvalue weighted by Gasteiger charge is 2.28. The third kappa shape index (κ3) is 40.7. The molecule has 58 heavy (non-hydrogen) atoms. The number of rotatable bonds is 44. The molecule has 0 radical (unpaired) electrons. The molecule has 0 saturated carbocycles. The second-order valence-corrected chi connectivity index (χ2v) is 17.4. The molecule has 0 saturated heterocycles. The van der Waals surface area contributed by atoms with Crippen LogP contribution in [-0.2, 0) is 32.7 Å². The van der Waals surface area contributed by atoms with E-state index >= 15 is 0 Å². The Labute approximate surface area is 353 Å². The molecule has 4 N–H and O–H groups in total. The van der Waals surface area contributed by atoms with Crippen LogP contribution in [0.15, 0.2) is 24.3 Å². The average Bonchev–Trinajstić information content (AvgIpc) is 3.20. The van der Waals surface area contributed by atoms with E-state index in [1.807, 2.05) is 0 Å². The summed E-state index contributed by atoms with van der Waals surface area (Å²) in [4.78, 5) is 46.0. The van der Waals surface area contributed by atoms with E-state index in [9.17, 15) is 34.1 Å². The van der Waals surface area contributed by atoms with Crippen LogP contribution in [0.25, 0.3) is 0 Å². The highest BCUT2D eigenvalue weighted by Crippen LogP contribution is 2.43. The van der Waals surface area contributed by atoms with E-state index in [-0.39, 0.29) is 12.8 Å². The van der Waals surface area contributed by atoms with Crippen molar-refractivity contribution >= 4 is 25.7 Å². The van der Waals surface area contributed by atoms with E-state index in [1.54, 1.807) is 0 Å². The number of hydrogen-bond acceptors (Lipinski definition) is 8. The number of aliphatic hydroxyl groups excluding tert-OH is 1. The van der Waals surface area contributed by atoms with E-state index in [2.05, 4.69) is 43.5 Å². The molecular weight excluding hydrogens is 757 g/mol. The van der Waals surface area contributed by atoms with Crippen LogP contribution < -0.4 is 5.32 Å². The van der Waals surface area contributed by atoms with Crippen molar-refractivity contribution in [1.29, 1.82) is 0 Å². The molecule has 0 aromatic rings. The van der Waals surface area contributed by atoms with Crippen LogP contribution in [0.3, 0.4) is 0 Å². The molecule has 0 rings (SSSR count). The summed E-state index contributed by atoms with van der Waals surface area (Å²) in [6, 6.07) is -1.54. The first-order chi connectivity index (χ1) is 28.1. The predicted molar refractivity (Wildman–Crippen MR) is 236 cm³/mol. The minimum Gasteiger partial charge on any atom is -0.480 e. The third-order valence-corrected chi connectivity index (χ3v) is 11.2. The molecule has 0 aliphatic heterocycles. The first-order valence-corrected chi connectivity index (χ1v) is 24.9. The molecule has 12 heteroatoms. The van der Waals surface area contributed by atoms with Crippen molar-refractivity contribution in [2.45, 2.75) is 231 Å². The second kappa shape index (κ2) is 41.7. The van der Waals surface area contributed by atoms with Gasteiger partial charge in [-0.15, -0.1) is 0 Å². The number of aliphatic carboxylic acids is 1. The standard InChI is InChI=1S/C46H86NO10P/c1-3-5-7-9-11-13-15-17-19-20-21-22-23-24-25-27-29-31-33-35-37-44(49)47-43(46(51)52)41-57-58(53,54)56-40-42(48)39-55-45(50)38-36-34-32-30-28-26-18-16-14-12-10-8-6-4-2/h10,12,16,18,42-43,48H,3-9,11,13-15,17,19-41H2,1-2H3,(H,47,49)(H,51,52)(H,53,54)/b12-10-,18-16-. The van der Waals surface area contributed by atoms with Crippen molar-refractivity contribution in [3.63, 3.8) is 0 Å². The fourth-order valence-electron chi connectivity index (χ4n) is 6.57. The molecule has 0 heterocycles. The Bertz CT molecular complexity index is 1080. The lowest BCUT2D eigenvalue weighted by molar-refractivity contribution is -0.147. The summed E-state index contributed by atoms with van der Waals surface area (Å²) < 4.78 is 26.8. The fraction of sp³-hybridized carbons (Fsp3) is 0.848. The molecule has 0 bridgehead atoms.